The molecule has 5 nitrogen and oxygen atoms in total. The maximum absolute atomic E-state index is 13.0. The molecular weight excluding hydrogens is 345 g/mol. The first-order chi connectivity index (χ1) is 12.5. The summed E-state index contributed by atoms with van der Waals surface area (Å²) in [6, 6.07) is 5.45. The third-order valence-corrected chi connectivity index (χ3v) is 5.54. The van der Waals surface area contributed by atoms with E-state index in [0.29, 0.717) is 25.3 Å². The van der Waals surface area contributed by atoms with Crippen LogP contribution >= 0.6 is 0 Å². The summed E-state index contributed by atoms with van der Waals surface area (Å²) in [6.07, 6.45) is 1.10. The summed E-state index contributed by atoms with van der Waals surface area (Å²) >= 11 is 0. The van der Waals surface area contributed by atoms with Gasteiger partial charge in [0, 0.05) is 12.1 Å². The van der Waals surface area contributed by atoms with Crippen LogP contribution in [0.4, 0.5) is 13.2 Å². The molecule has 26 heavy (non-hydrogen) atoms. The van der Waals surface area contributed by atoms with Crippen LogP contribution in [0.1, 0.15) is 48.7 Å². The molecule has 1 aliphatic heterocycles. The van der Waals surface area contributed by atoms with E-state index in [-0.39, 0.29) is 11.6 Å². The van der Waals surface area contributed by atoms with Gasteiger partial charge in [-0.2, -0.15) is 18.3 Å². The topological polar surface area (TPSA) is 54.0 Å². The Morgan fingerprint density at radius 2 is 2.08 bits per heavy atom. The van der Waals surface area contributed by atoms with Gasteiger partial charge in [0.2, 0.25) is 0 Å². The largest absolute Gasteiger partial charge is 0.416 e. The van der Waals surface area contributed by atoms with Crippen LogP contribution in [0.3, 0.4) is 0 Å². The lowest BCUT2D eigenvalue weighted by Crippen LogP contribution is -2.55. The van der Waals surface area contributed by atoms with E-state index in [1.807, 2.05) is 0 Å². The summed E-state index contributed by atoms with van der Waals surface area (Å²) in [7, 11) is 0. The second-order valence-electron chi connectivity index (χ2n) is 7.17. The number of halogens is 3. The Morgan fingerprint density at radius 3 is 2.77 bits per heavy atom. The maximum Gasteiger partial charge on any atom is 0.416 e. The van der Waals surface area contributed by atoms with Gasteiger partial charge in [-0.3, -0.25) is 10.00 Å². The minimum atomic E-state index is -4.35. The highest BCUT2D eigenvalue weighted by molar-refractivity contribution is 5.28. The van der Waals surface area contributed by atoms with Crippen LogP contribution in [0.25, 0.3) is 0 Å². The number of H-pyrrole nitrogens is 1. The van der Waals surface area contributed by atoms with E-state index in [9.17, 15) is 13.2 Å². The molecule has 1 saturated heterocycles. The fourth-order valence-electron chi connectivity index (χ4n) is 4.12. The number of aromatic nitrogens is 3. The Bertz CT molecular complexity index is 741. The van der Waals surface area contributed by atoms with Crippen LogP contribution < -0.4 is 0 Å². The highest BCUT2D eigenvalue weighted by atomic mass is 19.4. The lowest BCUT2D eigenvalue weighted by atomic mass is 9.92. The molecule has 1 aliphatic carbocycles. The minimum absolute atomic E-state index is 0.0507. The molecular formula is C18H21F3N4O. The third-order valence-electron chi connectivity index (χ3n) is 5.54. The monoisotopic (exact) mass is 366 g/mol. The SMILES string of the molecule is FC(F)(F)c1cccc(C2CN(Cc3ncn[nH]3)C3(CCCC3)CO2)c1. The van der Waals surface area contributed by atoms with Crippen molar-refractivity contribution in [2.75, 3.05) is 13.2 Å². The quantitative estimate of drug-likeness (QED) is 0.900. The van der Waals surface area contributed by atoms with Crippen molar-refractivity contribution in [1.29, 1.82) is 0 Å². The number of hydrogen-bond acceptors (Lipinski definition) is 4. The predicted molar refractivity (Wildman–Crippen MR) is 88.1 cm³/mol. The van der Waals surface area contributed by atoms with Gasteiger partial charge in [-0.25, -0.2) is 4.98 Å². The number of morpholine rings is 1. The molecule has 1 unspecified atom stereocenters. The molecule has 0 bridgehead atoms. The molecule has 1 spiro atoms. The van der Waals surface area contributed by atoms with Crippen molar-refractivity contribution in [2.24, 2.45) is 0 Å². The van der Waals surface area contributed by atoms with Crippen molar-refractivity contribution in [1.82, 2.24) is 20.1 Å². The van der Waals surface area contributed by atoms with Gasteiger partial charge < -0.3 is 4.74 Å². The molecule has 0 amide bonds. The van der Waals surface area contributed by atoms with E-state index in [2.05, 4.69) is 20.1 Å². The molecule has 8 heteroatoms. The summed E-state index contributed by atoms with van der Waals surface area (Å²) < 4.78 is 45.2. The summed E-state index contributed by atoms with van der Waals surface area (Å²) in [5.74, 6) is 0.765. The molecule has 1 saturated carbocycles. The lowest BCUT2D eigenvalue weighted by molar-refractivity contribution is -0.138. The first kappa shape index (κ1) is 17.5. The fourth-order valence-corrected chi connectivity index (χ4v) is 4.12. The van der Waals surface area contributed by atoms with Gasteiger partial charge in [-0.05, 0) is 30.5 Å². The molecule has 2 aromatic rings. The molecule has 140 valence electrons. The smallest absolute Gasteiger partial charge is 0.370 e. The molecule has 1 N–H and O–H groups in total. The minimum Gasteiger partial charge on any atom is -0.370 e. The third kappa shape index (κ3) is 3.35. The summed E-state index contributed by atoms with van der Waals surface area (Å²) in [5.41, 5.74) is -0.123. The summed E-state index contributed by atoms with van der Waals surface area (Å²) in [6.45, 7) is 1.67. The zero-order valence-corrected chi connectivity index (χ0v) is 14.3. The van der Waals surface area contributed by atoms with Crippen molar-refractivity contribution in [3.8, 4) is 0 Å². The highest BCUT2D eigenvalue weighted by Crippen LogP contribution is 2.42. The van der Waals surface area contributed by atoms with E-state index >= 15 is 0 Å². The Labute approximate surface area is 149 Å². The average molecular weight is 366 g/mol. The van der Waals surface area contributed by atoms with Crippen molar-refractivity contribution in [3.63, 3.8) is 0 Å². The Balaban J connectivity index is 1.58. The van der Waals surface area contributed by atoms with E-state index in [1.54, 1.807) is 6.07 Å². The van der Waals surface area contributed by atoms with Gasteiger partial charge in [0.1, 0.15) is 12.2 Å². The van der Waals surface area contributed by atoms with Gasteiger partial charge in [-0.15, -0.1) is 0 Å². The maximum atomic E-state index is 13.0. The van der Waals surface area contributed by atoms with E-state index < -0.39 is 11.7 Å². The van der Waals surface area contributed by atoms with Gasteiger partial charge in [0.25, 0.3) is 0 Å². The van der Waals surface area contributed by atoms with Crippen LogP contribution in [0.15, 0.2) is 30.6 Å². The highest BCUT2D eigenvalue weighted by Gasteiger charge is 2.45. The standard InChI is InChI=1S/C18H21F3N4O/c19-18(20,21)14-5-3-4-13(8-14)15-9-25(10-16-22-12-23-24-16)17(11-26-15)6-1-2-7-17/h3-5,8,12,15H,1-2,6-7,9-11H2,(H,22,23,24). The Hall–Kier alpha value is -1.93. The summed E-state index contributed by atoms with van der Waals surface area (Å²) in [4.78, 5) is 6.53. The fraction of sp³-hybridized carbons (Fsp3) is 0.556. The number of alkyl halides is 3. The van der Waals surface area contributed by atoms with E-state index in [1.165, 1.54) is 18.5 Å². The summed E-state index contributed by atoms with van der Waals surface area (Å²) in [5, 5.41) is 6.78. The first-order valence-electron chi connectivity index (χ1n) is 8.84. The zero-order valence-electron chi connectivity index (χ0n) is 14.3. The van der Waals surface area contributed by atoms with Crippen molar-refractivity contribution >= 4 is 0 Å². The second kappa shape index (κ2) is 6.66. The van der Waals surface area contributed by atoms with Crippen molar-refractivity contribution in [3.05, 3.63) is 47.5 Å². The number of nitrogens with one attached hydrogen (secondary N) is 1. The zero-order chi connectivity index (χ0) is 18.2. The Morgan fingerprint density at radius 1 is 1.27 bits per heavy atom. The van der Waals surface area contributed by atoms with Gasteiger partial charge in [-0.1, -0.05) is 25.0 Å². The molecule has 4 rings (SSSR count). The number of hydrogen-bond donors (Lipinski definition) is 1. The molecule has 2 heterocycles. The molecule has 2 fully saturated rings. The van der Waals surface area contributed by atoms with Gasteiger partial charge in [0.05, 0.1) is 24.8 Å². The van der Waals surface area contributed by atoms with Crippen LogP contribution in [0, 0.1) is 0 Å². The number of nitrogens with zero attached hydrogens (tertiary/aromatic N) is 3. The molecule has 0 radical (unpaired) electrons. The Kier molecular flexibility index (Phi) is 4.48. The molecule has 1 aromatic carbocycles. The normalized spacial score (nSPS) is 23.6. The molecule has 2 aliphatic rings. The van der Waals surface area contributed by atoms with Crippen molar-refractivity contribution in [2.45, 2.75) is 50.0 Å². The lowest BCUT2D eigenvalue weighted by Gasteiger charge is -2.47. The van der Waals surface area contributed by atoms with Crippen LogP contribution in [-0.4, -0.2) is 38.8 Å². The molecule has 1 aromatic heterocycles. The number of aromatic amines is 1. The van der Waals surface area contributed by atoms with Crippen molar-refractivity contribution < 1.29 is 17.9 Å². The number of rotatable bonds is 3. The second-order valence-corrected chi connectivity index (χ2v) is 7.17. The van der Waals surface area contributed by atoms with Gasteiger partial charge in [0.15, 0.2) is 0 Å². The van der Waals surface area contributed by atoms with Crippen LogP contribution in [0.5, 0.6) is 0 Å². The van der Waals surface area contributed by atoms with Crippen LogP contribution in [0.2, 0.25) is 0 Å². The van der Waals surface area contributed by atoms with Gasteiger partial charge >= 0.3 is 6.18 Å². The number of benzene rings is 1. The molecule has 1 atom stereocenters. The number of ether oxygens (including phenoxy) is 1. The van der Waals surface area contributed by atoms with E-state index in [4.69, 9.17) is 4.74 Å². The van der Waals surface area contributed by atoms with Crippen LogP contribution in [-0.2, 0) is 17.5 Å². The van der Waals surface area contributed by atoms with E-state index in [0.717, 1.165) is 37.6 Å². The first-order valence-corrected chi connectivity index (χ1v) is 8.84. The predicted octanol–water partition coefficient (Wildman–Crippen LogP) is 3.71. The average Bonchev–Trinajstić information content (AvgIpc) is 3.29.